The second kappa shape index (κ2) is 17.2. The van der Waals surface area contributed by atoms with Crippen molar-refractivity contribution in [2.24, 2.45) is 5.92 Å². The first kappa shape index (κ1) is 34.5. The first-order chi connectivity index (χ1) is 18.9. The van der Waals surface area contributed by atoms with Gasteiger partial charge in [-0.2, -0.15) is 0 Å². The van der Waals surface area contributed by atoms with Gasteiger partial charge in [0.15, 0.2) is 0 Å². The second-order valence-electron chi connectivity index (χ2n) is 10.8. The van der Waals surface area contributed by atoms with Gasteiger partial charge in [-0.05, 0) is 57.7 Å². The minimum Gasteiger partial charge on any atom is -0.466 e. The largest absolute Gasteiger partial charge is 0.466 e. The van der Waals surface area contributed by atoms with E-state index in [9.17, 15) is 19.2 Å². The van der Waals surface area contributed by atoms with Gasteiger partial charge in [-0.1, -0.05) is 58.1 Å². The summed E-state index contributed by atoms with van der Waals surface area (Å²) in [5, 5.41) is 5.55. The van der Waals surface area contributed by atoms with Gasteiger partial charge in [0.05, 0.1) is 13.0 Å². The van der Waals surface area contributed by atoms with Gasteiger partial charge < -0.3 is 25.0 Å². The highest BCUT2D eigenvalue weighted by molar-refractivity contribution is 5.92. The van der Waals surface area contributed by atoms with Gasteiger partial charge >= 0.3 is 12.1 Å². The number of esters is 1. The van der Waals surface area contributed by atoms with Crippen molar-refractivity contribution in [1.29, 1.82) is 0 Å². The molecule has 0 aliphatic heterocycles. The monoisotopic (exact) mass is 557 g/mol. The van der Waals surface area contributed by atoms with Crippen molar-refractivity contribution in [3.05, 3.63) is 35.4 Å². The van der Waals surface area contributed by atoms with Crippen LogP contribution >= 0.6 is 0 Å². The fourth-order valence-electron chi connectivity index (χ4n) is 4.05. The Morgan fingerprint density at radius 1 is 1.05 bits per heavy atom. The van der Waals surface area contributed by atoms with Gasteiger partial charge in [-0.25, -0.2) is 4.79 Å². The number of terminal acetylenes is 1. The highest BCUT2D eigenvalue weighted by atomic mass is 16.6. The average Bonchev–Trinajstić information content (AvgIpc) is 2.89. The molecule has 0 bridgehead atoms. The van der Waals surface area contributed by atoms with Crippen LogP contribution in [0.15, 0.2) is 24.3 Å². The van der Waals surface area contributed by atoms with Crippen molar-refractivity contribution >= 4 is 23.9 Å². The number of unbranched alkanes of at least 4 members (excludes halogenated alkanes) is 2. The molecule has 0 aliphatic carbocycles. The van der Waals surface area contributed by atoms with E-state index in [1.807, 2.05) is 13.8 Å². The standard InChI is InChI=1S/C31H47N3O6/c1-9-13-14-21-34(29(37)26(22(5)10-2)33-30(38)40-31(6,7)8)27(24-17-15-23(11-3)16-18-24)28(36)32-20-19-25(35)39-12-4/h3,15-18,22,26-27H,9-10,12-14,19-21H2,1-2,4-8H3,(H,32,36)(H,33,38). The Labute approximate surface area is 239 Å². The van der Waals surface area contributed by atoms with E-state index in [1.54, 1.807) is 52.0 Å². The number of amides is 3. The molecule has 40 heavy (non-hydrogen) atoms. The normalized spacial score (nSPS) is 13.2. The number of carbonyl (C=O) groups is 4. The molecule has 3 amide bonds. The summed E-state index contributed by atoms with van der Waals surface area (Å²) < 4.78 is 10.4. The molecule has 1 aromatic carbocycles. The van der Waals surface area contributed by atoms with Gasteiger partial charge in [-0.15, -0.1) is 6.42 Å². The molecule has 0 saturated heterocycles. The summed E-state index contributed by atoms with van der Waals surface area (Å²) in [6, 6.07) is 4.96. The maximum absolute atomic E-state index is 14.2. The number of hydrogen-bond acceptors (Lipinski definition) is 6. The number of ether oxygens (including phenoxy) is 2. The molecule has 1 rings (SSSR count). The SMILES string of the molecule is C#Cc1ccc(C(C(=O)NCCC(=O)OCC)N(CCCCC)C(=O)C(NC(=O)OC(C)(C)C)C(C)CC)cc1. The number of nitrogens with zero attached hydrogens (tertiary/aromatic N) is 1. The topological polar surface area (TPSA) is 114 Å². The molecule has 9 heteroatoms. The zero-order chi connectivity index (χ0) is 30.3. The van der Waals surface area contributed by atoms with E-state index in [2.05, 4.69) is 23.5 Å². The summed E-state index contributed by atoms with van der Waals surface area (Å²) in [5.74, 6) is 1.08. The Kier molecular flexibility index (Phi) is 14.8. The molecule has 0 saturated carbocycles. The number of alkyl carbamates (subject to hydrolysis) is 1. The van der Waals surface area contributed by atoms with E-state index in [0.717, 1.165) is 12.8 Å². The van der Waals surface area contributed by atoms with Gasteiger partial charge in [0.2, 0.25) is 11.8 Å². The number of hydrogen-bond donors (Lipinski definition) is 2. The van der Waals surface area contributed by atoms with Gasteiger partial charge in [0.1, 0.15) is 17.7 Å². The molecule has 0 aromatic heterocycles. The van der Waals surface area contributed by atoms with Crippen LogP contribution in [0.2, 0.25) is 0 Å². The van der Waals surface area contributed by atoms with Crippen molar-refractivity contribution in [2.45, 2.75) is 98.3 Å². The zero-order valence-corrected chi connectivity index (χ0v) is 25.2. The third-order valence-corrected chi connectivity index (χ3v) is 6.32. The van der Waals surface area contributed by atoms with Crippen LogP contribution < -0.4 is 10.6 Å². The molecule has 3 unspecified atom stereocenters. The smallest absolute Gasteiger partial charge is 0.408 e. The van der Waals surface area contributed by atoms with Crippen LogP contribution in [0.3, 0.4) is 0 Å². The Morgan fingerprint density at radius 3 is 2.23 bits per heavy atom. The van der Waals surface area contributed by atoms with E-state index < -0.39 is 35.7 Å². The summed E-state index contributed by atoms with van der Waals surface area (Å²) >= 11 is 0. The number of benzene rings is 1. The lowest BCUT2D eigenvalue weighted by atomic mass is 9.95. The molecule has 1 aromatic rings. The van der Waals surface area contributed by atoms with Crippen LogP contribution in [0, 0.1) is 18.3 Å². The number of rotatable bonds is 15. The Bertz CT molecular complexity index is 1010. The molecule has 9 nitrogen and oxygen atoms in total. The highest BCUT2D eigenvalue weighted by Gasteiger charge is 2.37. The fourth-order valence-corrected chi connectivity index (χ4v) is 4.05. The summed E-state index contributed by atoms with van der Waals surface area (Å²) in [7, 11) is 0. The molecule has 0 radical (unpaired) electrons. The summed E-state index contributed by atoms with van der Waals surface area (Å²) in [6.45, 7) is 13.4. The summed E-state index contributed by atoms with van der Waals surface area (Å²) in [6.07, 6.45) is 7.88. The summed E-state index contributed by atoms with van der Waals surface area (Å²) in [5.41, 5.74) is 0.462. The number of nitrogens with one attached hydrogen (secondary N) is 2. The van der Waals surface area contributed by atoms with Crippen molar-refractivity contribution in [3.63, 3.8) is 0 Å². The number of carbonyl (C=O) groups excluding carboxylic acids is 4. The lowest BCUT2D eigenvalue weighted by Gasteiger charge is -2.36. The van der Waals surface area contributed by atoms with Crippen LogP contribution in [-0.2, 0) is 23.9 Å². The Balaban J connectivity index is 3.48. The van der Waals surface area contributed by atoms with Crippen molar-refractivity contribution in [2.75, 3.05) is 19.7 Å². The molecule has 3 atom stereocenters. The molecule has 2 N–H and O–H groups in total. The first-order valence-electron chi connectivity index (χ1n) is 14.2. The minimum absolute atomic E-state index is 0.00179. The third-order valence-electron chi connectivity index (χ3n) is 6.32. The summed E-state index contributed by atoms with van der Waals surface area (Å²) in [4.78, 5) is 54.0. The van der Waals surface area contributed by atoms with E-state index in [1.165, 1.54) is 4.90 Å². The van der Waals surface area contributed by atoms with Crippen LogP contribution in [0.5, 0.6) is 0 Å². The van der Waals surface area contributed by atoms with Crippen molar-refractivity contribution < 1.29 is 28.7 Å². The quantitative estimate of drug-likeness (QED) is 0.183. The lowest BCUT2D eigenvalue weighted by molar-refractivity contribution is -0.145. The predicted molar refractivity (Wildman–Crippen MR) is 155 cm³/mol. The van der Waals surface area contributed by atoms with Gasteiger partial charge in [-0.3, -0.25) is 14.4 Å². The molecular weight excluding hydrogens is 510 g/mol. The van der Waals surface area contributed by atoms with Gasteiger partial charge in [0.25, 0.3) is 0 Å². The molecule has 0 spiro atoms. The minimum atomic E-state index is -1.01. The van der Waals surface area contributed by atoms with Gasteiger partial charge in [0, 0.05) is 18.7 Å². The van der Waals surface area contributed by atoms with E-state index >= 15 is 0 Å². The maximum Gasteiger partial charge on any atom is 0.408 e. The zero-order valence-electron chi connectivity index (χ0n) is 25.2. The van der Waals surface area contributed by atoms with E-state index in [-0.39, 0.29) is 31.4 Å². The molecule has 222 valence electrons. The molecule has 0 fully saturated rings. The average molecular weight is 558 g/mol. The van der Waals surface area contributed by atoms with E-state index in [0.29, 0.717) is 30.5 Å². The molecule has 0 heterocycles. The van der Waals surface area contributed by atoms with Crippen LogP contribution in [0.4, 0.5) is 4.79 Å². The lowest BCUT2D eigenvalue weighted by Crippen LogP contribution is -2.55. The Hall–Kier alpha value is -3.54. The maximum atomic E-state index is 14.2. The van der Waals surface area contributed by atoms with Crippen molar-refractivity contribution in [3.8, 4) is 12.3 Å². The Morgan fingerprint density at radius 2 is 1.70 bits per heavy atom. The van der Waals surface area contributed by atoms with E-state index in [4.69, 9.17) is 15.9 Å². The third kappa shape index (κ3) is 11.7. The van der Waals surface area contributed by atoms with Crippen LogP contribution in [0.1, 0.15) is 97.7 Å². The van der Waals surface area contributed by atoms with Crippen LogP contribution in [-0.4, -0.2) is 60.1 Å². The fraction of sp³-hybridized carbons (Fsp3) is 0.613. The molecule has 0 aliphatic rings. The van der Waals surface area contributed by atoms with Crippen LogP contribution in [0.25, 0.3) is 0 Å². The second-order valence-corrected chi connectivity index (χ2v) is 10.8. The van der Waals surface area contributed by atoms with Crippen molar-refractivity contribution in [1.82, 2.24) is 15.5 Å². The predicted octanol–water partition coefficient (Wildman–Crippen LogP) is 4.74. The molecular formula is C31H47N3O6. The first-order valence-corrected chi connectivity index (χ1v) is 14.2. The highest BCUT2D eigenvalue weighted by Crippen LogP contribution is 2.26.